The highest BCUT2D eigenvalue weighted by Gasteiger charge is 2.28. The molecular weight excluding hydrogens is 414 g/mol. The van der Waals surface area contributed by atoms with Crippen LogP contribution in [0.2, 0.25) is 0 Å². The second-order valence-corrected chi connectivity index (χ2v) is 9.51. The third-order valence-corrected chi connectivity index (χ3v) is 7.40. The van der Waals surface area contributed by atoms with Crippen LogP contribution in [0, 0.1) is 32.7 Å². The lowest BCUT2D eigenvalue weighted by Gasteiger charge is -2.24. The molecule has 4 aromatic rings. The molecule has 0 amide bonds. The lowest BCUT2D eigenvalue weighted by Crippen LogP contribution is -2.18. The SMILES string of the molecule is C=[N+]1C=CC(C(CC)CC)=C[C-]1c1c(C)ccc2c1[o+][c-]1cccc(-c3c(C)cccc3C)c21. The number of allylic oxidation sites excluding steroid dienone is 2. The molecule has 0 radical (unpaired) electrons. The molecule has 0 aliphatic carbocycles. The van der Waals surface area contributed by atoms with Crippen LogP contribution in [0.25, 0.3) is 33.1 Å². The molecule has 2 heterocycles. The van der Waals surface area contributed by atoms with E-state index in [2.05, 4.69) is 108 Å². The van der Waals surface area contributed by atoms with Crippen molar-refractivity contribution >= 4 is 28.7 Å². The van der Waals surface area contributed by atoms with E-state index in [1.54, 1.807) is 0 Å². The predicted molar refractivity (Wildman–Crippen MR) is 144 cm³/mol. The molecule has 0 atom stereocenters. The monoisotopic (exact) mass is 447 g/mol. The van der Waals surface area contributed by atoms with Gasteiger partial charge in [0.25, 0.3) is 11.2 Å². The molecule has 0 saturated heterocycles. The second-order valence-electron chi connectivity index (χ2n) is 9.51. The lowest BCUT2D eigenvalue weighted by atomic mass is 9.87. The van der Waals surface area contributed by atoms with Crippen molar-refractivity contribution in [2.75, 3.05) is 0 Å². The first-order valence-corrected chi connectivity index (χ1v) is 12.3. The normalized spacial score (nSPS) is 14.0. The fourth-order valence-electron chi connectivity index (χ4n) is 5.53. The second kappa shape index (κ2) is 8.68. The molecule has 0 N–H and O–H groups in total. The molecule has 34 heavy (non-hydrogen) atoms. The van der Waals surface area contributed by atoms with Crippen molar-refractivity contribution in [3.63, 3.8) is 0 Å². The van der Waals surface area contributed by atoms with Gasteiger partial charge >= 0.3 is 0 Å². The highest BCUT2D eigenvalue weighted by Crippen LogP contribution is 2.43. The summed E-state index contributed by atoms with van der Waals surface area (Å²) in [6.45, 7) is 15.4. The fourth-order valence-corrected chi connectivity index (χ4v) is 5.53. The summed E-state index contributed by atoms with van der Waals surface area (Å²) in [6.07, 6.45) is 8.87. The summed E-state index contributed by atoms with van der Waals surface area (Å²) in [7, 11) is 0. The summed E-state index contributed by atoms with van der Waals surface area (Å²) < 4.78 is 8.61. The zero-order valence-corrected chi connectivity index (χ0v) is 20.9. The Bertz CT molecular complexity index is 1460. The number of aryl methyl sites for hydroxylation is 3. The quantitative estimate of drug-likeness (QED) is 0.170. The number of nitrogens with zero attached hydrogens (tertiary/aromatic N) is 1. The van der Waals surface area contributed by atoms with E-state index in [0.29, 0.717) is 5.92 Å². The molecule has 0 bridgehead atoms. The van der Waals surface area contributed by atoms with E-state index in [1.165, 1.54) is 38.8 Å². The van der Waals surface area contributed by atoms with E-state index in [-0.39, 0.29) is 0 Å². The van der Waals surface area contributed by atoms with E-state index in [1.807, 2.05) is 4.58 Å². The summed E-state index contributed by atoms with van der Waals surface area (Å²) >= 11 is 0. The molecule has 2 nitrogen and oxygen atoms in total. The van der Waals surface area contributed by atoms with Crippen molar-refractivity contribution in [3.8, 4) is 11.1 Å². The Morgan fingerprint density at radius 2 is 1.68 bits per heavy atom. The topological polar surface area (TPSA) is 14.3 Å². The van der Waals surface area contributed by atoms with Gasteiger partial charge in [-0.05, 0) is 48.2 Å². The van der Waals surface area contributed by atoms with E-state index in [0.717, 1.165) is 41.0 Å². The van der Waals surface area contributed by atoms with Gasteiger partial charge in [0.05, 0.1) is 12.3 Å². The van der Waals surface area contributed by atoms with Gasteiger partial charge in [0.15, 0.2) is 6.04 Å². The molecule has 0 saturated carbocycles. The largest absolute Gasteiger partial charge is 0.286 e. The van der Waals surface area contributed by atoms with Crippen LogP contribution in [0.1, 0.15) is 48.9 Å². The first-order valence-electron chi connectivity index (χ1n) is 12.3. The van der Waals surface area contributed by atoms with Crippen LogP contribution in [0.4, 0.5) is 0 Å². The van der Waals surface area contributed by atoms with Crippen LogP contribution in [0.3, 0.4) is 0 Å². The first-order chi connectivity index (χ1) is 16.4. The Morgan fingerprint density at radius 1 is 0.941 bits per heavy atom. The zero-order chi connectivity index (χ0) is 24.0. The molecule has 2 heteroatoms. The van der Waals surface area contributed by atoms with Crippen molar-refractivity contribution in [3.05, 3.63) is 101 Å². The smallest absolute Gasteiger partial charge is 0.279 e. The zero-order valence-electron chi connectivity index (χ0n) is 20.9. The van der Waals surface area contributed by atoms with Crippen LogP contribution in [0.15, 0.2) is 76.9 Å². The first kappa shape index (κ1) is 22.3. The molecule has 5 rings (SSSR count). The summed E-state index contributed by atoms with van der Waals surface area (Å²) in [5.41, 5.74) is 10.6. The van der Waals surface area contributed by atoms with Gasteiger partial charge in [-0.3, -0.25) is 8.99 Å². The van der Waals surface area contributed by atoms with Crippen LogP contribution in [-0.4, -0.2) is 11.3 Å². The Kier molecular flexibility index (Phi) is 5.69. The molecule has 1 aliphatic heterocycles. The maximum atomic E-state index is 6.63. The lowest BCUT2D eigenvalue weighted by molar-refractivity contribution is -0.418. The van der Waals surface area contributed by atoms with Gasteiger partial charge in [-0.15, -0.1) is 12.1 Å². The molecule has 3 aromatic carbocycles. The number of fused-ring (bicyclic) bond motifs is 3. The van der Waals surface area contributed by atoms with E-state index >= 15 is 0 Å². The minimum atomic E-state index is 0.547. The molecule has 172 valence electrons. The summed E-state index contributed by atoms with van der Waals surface area (Å²) in [4.78, 5) is 0. The van der Waals surface area contributed by atoms with Gasteiger partial charge in [0, 0.05) is 0 Å². The van der Waals surface area contributed by atoms with Crippen molar-refractivity contribution in [1.29, 1.82) is 0 Å². The van der Waals surface area contributed by atoms with Crippen molar-refractivity contribution in [2.24, 2.45) is 5.92 Å². The number of furan rings is 1. The third-order valence-electron chi connectivity index (χ3n) is 7.40. The molecule has 1 aromatic heterocycles. The highest BCUT2D eigenvalue weighted by atomic mass is 16.3. The predicted octanol–water partition coefficient (Wildman–Crippen LogP) is 8.66. The minimum Gasteiger partial charge on any atom is -0.286 e. The Hall–Kier alpha value is -3.52. The van der Waals surface area contributed by atoms with Gasteiger partial charge in [-0.1, -0.05) is 97.8 Å². The van der Waals surface area contributed by atoms with Gasteiger partial charge in [-0.25, -0.2) is 0 Å². The number of hydrogen-bond acceptors (Lipinski definition) is 0. The molecular formula is C32H33NO. The van der Waals surface area contributed by atoms with Gasteiger partial charge in [-0.2, -0.15) is 0 Å². The number of hydrogen-bond donors (Lipinski definition) is 0. The van der Waals surface area contributed by atoms with E-state index in [9.17, 15) is 0 Å². The van der Waals surface area contributed by atoms with Crippen LogP contribution >= 0.6 is 0 Å². The minimum absolute atomic E-state index is 0.547. The average molecular weight is 448 g/mol. The van der Waals surface area contributed by atoms with Crippen LogP contribution in [0.5, 0.6) is 0 Å². The third kappa shape index (κ3) is 3.49. The molecule has 0 spiro atoms. The van der Waals surface area contributed by atoms with Gasteiger partial charge in [0.1, 0.15) is 6.20 Å². The Morgan fingerprint density at radius 3 is 2.38 bits per heavy atom. The Labute approximate surface area is 202 Å². The van der Waals surface area contributed by atoms with Crippen LogP contribution in [-0.2, 0) is 0 Å². The maximum Gasteiger partial charge on any atom is 0.279 e. The maximum absolute atomic E-state index is 6.63. The van der Waals surface area contributed by atoms with E-state index in [4.69, 9.17) is 4.42 Å². The van der Waals surface area contributed by atoms with Crippen LogP contribution < -0.4 is 0 Å². The molecule has 0 fully saturated rings. The highest BCUT2D eigenvalue weighted by molar-refractivity contribution is 6.14. The fraction of sp³-hybridized carbons (Fsp3) is 0.250. The Balaban J connectivity index is 1.78. The average Bonchev–Trinajstić information content (AvgIpc) is 3.20. The number of benzene rings is 3. The van der Waals surface area contributed by atoms with Crippen molar-refractivity contribution in [2.45, 2.75) is 47.5 Å². The number of rotatable bonds is 5. The van der Waals surface area contributed by atoms with Crippen molar-refractivity contribution in [1.82, 2.24) is 0 Å². The van der Waals surface area contributed by atoms with Crippen molar-refractivity contribution < 1.29 is 8.99 Å². The summed E-state index contributed by atoms with van der Waals surface area (Å²) in [6, 6.07) is 18.5. The summed E-state index contributed by atoms with van der Waals surface area (Å²) in [5, 5.41) is 2.34. The summed E-state index contributed by atoms with van der Waals surface area (Å²) in [5.74, 6) is 0.547. The molecule has 1 aliphatic rings. The standard InChI is InChI=1S/C32H33NO/c1-7-23(8-2)24-17-18-33(6)27(19-24)30-22(5)15-16-26-31-25(13-10-14-28(31)34-32(26)30)29-20(3)11-9-12-21(29)4/h9-19,23H,6-8H2,1-5H3. The molecule has 0 unspecified atom stereocenters. The van der Waals surface area contributed by atoms with Gasteiger partial charge in [0.2, 0.25) is 0 Å². The van der Waals surface area contributed by atoms with Gasteiger partial charge < -0.3 is 0 Å². The van der Waals surface area contributed by atoms with E-state index < -0.39 is 0 Å².